The molecule has 0 atom stereocenters. The Labute approximate surface area is 120 Å². The summed E-state index contributed by atoms with van der Waals surface area (Å²) in [6, 6.07) is 4.04. The SMILES string of the molecule is CCc1c(CNCCOC)cnn1-c1cc(C)ccn1. The Hall–Kier alpha value is -1.72. The van der Waals surface area contributed by atoms with Crippen LogP contribution in [0.25, 0.3) is 5.82 Å². The monoisotopic (exact) mass is 274 g/mol. The molecule has 0 amide bonds. The summed E-state index contributed by atoms with van der Waals surface area (Å²) >= 11 is 0. The molecule has 0 saturated carbocycles. The van der Waals surface area contributed by atoms with Crippen molar-refractivity contribution < 1.29 is 4.74 Å². The molecule has 0 unspecified atom stereocenters. The van der Waals surface area contributed by atoms with E-state index in [1.165, 1.54) is 16.8 Å². The van der Waals surface area contributed by atoms with Crippen LogP contribution in [-0.2, 0) is 17.7 Å². The molecule has 1 N–H and O–H groups in total. The molecule has 5 heteroatoms. The van der Waals surface area contributed by atoms with Crippen LogP contribution in [0.1, 0.15) is 23.7 Å². The van der Waals surface area contributed by atoms with Gasteiger partial charge in [0, 0.05) is 32.0 Å². The Balaban J connectivity index is 2.16. The van der Waals surface area contributed by atoms with Gasteiger partial charge >= 0.3 is 0 Å². The fourth-order valence-corrected chi connectivity index (χ4v) is 2.16. The lowest BCUT2D eigenvalue weighted by molar-refractivity contribution is 0.199. The molecule has 0 saturated heterocycles. The number of nitrogens with one attached hydrogen (secondary N) is 1. The smallest absolute Gasteiger partial charge is 0.153 e. The predicted octanol–water partition coefficient (Wildman–Crippen LogP) is 1.87. The van der Waals surface area contributed by atoms with Crippen LogP contribution in [0.2, 0.25) is 0 Å². The van der Waals surface area contributed by atoms with Crippen LogP contribution in [0.3, 0.4) is 0 Å². The van der Waals surface area contributed by atoms with Crippen LogP contribution in [0, 0.1) is 6.92 Å². The molecule has 2 aromatic rings. The number of pyridine rings is 1. The van der Waals surface area contributed by atoms with Gasteiger partial charge in [0.2, 0.25) is 0 Å². The van der Waals surface area contributed by atoms with Gasteiger partial charge in [-0.3, -0.25) is 0 Å². The van der Waals surface area contributed by atoms with Gasteiger partial charge in [0.15, 0.2) is 5.82 Å². The van der Waals surface area contributed by atoms with E-state index in [-0.39, 0.29) is 0 Å². The van der Waals surface area contributed by atoms with Crippen LogP contribution in [0.4, 0.5) is 0 Å². The highest BCUT2D eigenvalue weighted by Gasteiger charge is 2.11. The maximum Gasteiger partial charge on any atom is 0.153 e. The second-order valence-corrected chi connectivity index (χ2v) is 4.74. The standard InChI is InChI=1S/C15H22N4O/c1-4-14-13(10-16-7-8-20-3)11-18-19(14)15-9-12(2)5-6-17-15/h5-6,9,11,16H,4,7-8,10H2,1-3H3. The number of nitrogens with zero attached hydrogens (tertiary/aromatic N) is 3. The molecule has 0 spiro atoms. The zero-order chi connectivity index (χ0) is 14.4. The van der Waals surface area contributed by atoms with Gasteiger partial charge in [-0.1, -0.05) is 6.92 Å². The second kappa shape index (κ2) is 7.17. The first kappa shape index (κ1) is 14.7. The fraction of sp³-hybridized carbons (Fsp3) is 0.467. The van der Waals surface area contributed by atoms with Crippen molar-refractivity contribution in [2.75, 3.05) is 20.3 Å². The molecule has 0 aliphatic carbocycles. The third-order valence-electron chi connectivity index (χ3n) is 3.21. The molecule has 0 aliphatic rings. The molecule has 2 aromatic heterocycles. The molecule has 108 valence electrons. The van der Waals surface area contributed by atoms with Crippen LogP contribution in [-0.4, -0.2) is 35.0 Å². The van der Waals surface area contributed by atoms with Gasteiger partial charge in [-0.25, -0.2) is 9.67 Å². The minimum Gasteiger partial charge on any atom is -0.383 e. The molecule has 2 heterocycles. The minimum absolute atomic E-state index is 0.717. The van der Waals surface area contributed by atoms with Crippen molar-refractivity contribution >= 4 is 0 Å². The summed E-state index contributed by atoms with van der Waals surface area (Å²) in [7, 11) is 1.71. The highest BCUT2D eigenvalue weighted by atomic mass is 16.5. The van der Waals surface area contributed by atoms with E-state index >= 15 is 0 Å². The molecule has 0 radical (unpaired) electrons. The topological polar surface area (TPSA) is 52.0 Å². The van der Waals surface area contributed by atoms with Gasteiger partial charge in [-0.05, 0) is 31.0 Å². The van der Waals surface area contributed by atoms with Crippen molar-refractivity contribution in [2.45, 2.75) is 26.8 Å². The summed E-state index contributed by atoms with van der Waals surface area (Å²) in [6.07, 6.45) is 4.67. The average molecular weight is 274 g/mol. The Bertz CT molecular complexity index is 551. The minimum atomic E-state index is 0.717. The summed E-state index contributed by atoms with van der Waals surface area (Å²) in [6.45, 7) is 6.57. The number of hydrogen-bond acceptors (Lipinski definition) is 4. The van der Waals surface area contributed by atoms with Crippen LogP contribution < -0.4 is 5.32 Å². The summed E-state index contributed by atoms with van der Waals surface area (Å²) in [5.74, 6) is 0.880. The van der Waals surface area contributed by atoms with Crippen molar-refractivity contribution in [3.63, 3.8) is 0 Å². The first-order valence-electron chi connectivity index (χ1n) is 6.94. The van der Waals surface area contributed by atoms with Crippen LogP contribution >= 0.6 is 0 Å². The summed E-state index contributed by atoms with van der Waals surface area (Å²) in [4.78, 5) is 4.40. The van der Waals surface area contributed by atoms with Crippen molar-refractivity contribution in [3.05, 3.63) is 41.3 Å². The highest BCUT2D eigenvalue weighted by Crippen LogP contribution is 2.14. The van der Waals surface area contributed by atoms with Gasteiger partial charge in [-0.15, -0.1) is 0 Å². The number of hydrogen-bond donors (Lipinski definition) is 1. The number of aromatic nitrogens is 3. The first-order valence-corrected chi connectivity index (χ1v) is 6.94. The number of ether oxygens (including phenoxy) is 1. The predicted molar refractivity (Wildman–Crippen MR) is 79.1 cm³/mol. The molecule has 0 aliphatic heterocycles. The van der Waals surface area contributed by atoms with E-state index in [0.717, 1.165) is 31.9 Å². The lowest BCUT2D eigenvalue weighted by Crippen LogP contribution is -2.19. The molecule has 2 rings (SSSR count). The van der Waals surface area contributed by atoms with Crippen molar-refractivity contribution in [3.8, 4) is 5.82 Å². The maximum absolute atomic E-state index is 5.03. The van der Waals surface area contributed by atoms with E-state index in [1.54, 1.807) is 7.11 Å². The van der Waals surface area contributed by atoms with E-state index < -0.39 is 0 Å². The van der Waals surface area contributed by atoms with Crippen LogP contribution in [0.15, 0.2) is 24.5 Å². The lowest BCUT2D eigenvalue weighted by Gasteiger charge is -2.08. The Morgan fingerprint density at radius 2 is 2.25 bits per heavy atom. The van der Waals surface area contributed by atoms with Crippen molar-refractivity contribution in [1.82, 2.24) is 20.1 Å². The number of rotatable bonds is 7. The van der Waals surface area contributed by atoms with E-state index in [4.69, 9.17) is 4.74 Å². The maximum atomic E-state index is 5.03. The molecule has 5 nitrogen and oxygen atoms in total. The molecule has 0 aromatic carbocycles. The van der Waals surface area contributed by atoms with E-state index in [0.29, 0.717) is 0 Å². The Morgan fingerprint density at radius 3 is 2.95 bits per heavy atom. The van der Waals surface area contributed by atoms with Crippen molar-refractivity contribution in [1.29, 1.82) is 0 Å². The third kappa shape index (κ3) is 3.43. The molecule has 20 heavy (non-hydrogen) atoms. The summed E-state index contributed by atoms with van der Waals surface area (Å²) in [5.41, 5.74) is 3.60. The van der Waals surface area contributed by atoms with Gasteiger partial charge in [-0.2, -0.15) is 5.10 Å². The zero-order valence-electron chi connectivity index (χ0n) is 12.4. The third-order valence-corrected chi connectivity index (χ3v) is 3.21. The summed E-state index contributed by atoms with van der Waals surface area (Å²) < 4.78 is 6.96. The second-order valence-electron chi connectivity index (χ2n) is 4.74. The van der Waals surface area contributed by atoms with Gasteiger partial charge < -0.3 is 10.1 Å². The quantitative estimate of drug-likeness (QED) is 0.783. The molecular formula is C15H22N4O. The van der Waals surface area contributed by atoms with Crippen molar-refractivity contribution in [2.24, 2.45) is 0 Å². The Kier molecular flexibility index (Phi) is 5.26. The first-order chi connectivity index (χ1) is 9.76. The fourth-order valence-electron chi connectivity index (χ4n) is 2.16. The van der Waals surface area contributed by atoms with Crippen LogP contribution in [0.5, 0.6) is 0 Å². The van der Waals surface area contributed by atoms with E-state index in [1.807, 2.05) is 29.2 Å². The molecular weight excluding hydrogens is 252 g/mol. The van der Waals surface area contributed by atoms with Gasteiger partial charge in [0.1, 0.15) is 0 Å². The number of methoxy groups -OCH3 is 1. The molecule has 0 bridgehead atoms. The van der Waals surface area contributed by atoms with E-state index in [9.17, 15) is 0 Å². The normalized spacial score (nSPS) is 10.9. The highest BCUT2D eigenvalue weighted by molar-refractivity contribution is 5.31. The van der Waals surface area contributed by atoms with E-state index in [2.05, 4.69) is 29.2 Å². The average Bonchev–Trinajstić information content (AvgIpc) is 2.86. The van der Waals surface area contributed by atoms with Gasteiger partial charge in [0.25, 0.3) is 0 Å². The summed E-state index contributed by atoms with van der Waals surface area (Å²) in [5, 5.41) is 7.83. The largest absolute Gasteiger partial charge is 0.383 e. The zero-order valence-corrected chi connectivity index (χ0v) is 12.4. The number of aryl methyl sites for hydroxylation is 1. The Morgan fingerprint density at radius 1 is 1.40 bits per heavy atom. The molecule has 0 fully saturated rings. The lowest BCUT2D eigenvalue weighted by atomic mass is 10.2. The van der Waals surface area contributed by atoms with Gasteiger partial charge in [0.05, 0.1) is 18.5 Å².